The molecule has 2 rings (SSSR count). The van der Waals surface area contributed by atoms with Gasteiger partial charge in [0.05, 0.1) is 5.69 Å². The minimum atomic E-state index is -0.176. The first-order valence-corrected chi connectivity index (χ1v) is 7.29. The summed E-state index contributed by atoms with van der Waals surface area (Å²) in [5, 5.41) is 4.95. The van der Waals surface area contributed by atoms with Crippen molar-refractivity contribution in [1.82, 2.24) is 9.78 Å². The van der Waals surface area contributed by atoms with E-state index in [0.717, 1.165) is 28.9 Å². The summed E-state index contributed by atoms with van der Waals surface area (Å²) < 4.78 is 7.01. The number of rotatable bonds is 4. The fourth-order valence-corrected chi connectivity index (χ4v) is 2.63. The molecule has 0 bridgehead atoms. The van der Waals surface area contributed by atoms with Gasteiger partial charge in [-0.2, -0.15) is 5.10 Å². The monoisotopic (exact) mass is 306 g/mol. The molecule has 0 radical (unpaired) electrons. The number of ether oxygens (including phenoxy) is 1. The molecule has 0 saturated carbocycles. The zero-order valence-electron chi connectivity index (χ0n) is 12.7. The van der Waals surface area contributed by atoms with E-state index >= 15 is 0 Å². The lowest BCUT2D eigenvalue weighted by Crippen LogP contribution is -2.22. The third-order valence-corrected chi connectivity index (χ3v) is 3.75. The average molecular weight is 307 g/mol. The fraction of sp³-hybridized carbons (Fsp3) is 0.375. The summed E-state index contributed by atoms with van der Waals surface area (Å²) in [5.74, 6) is 0.481. The van der Waals surface area contributed by atoms with Crippen molar-refractivity contribution in [2.24, 2.45) is 0 Å². The van der Waals surface area contributed by atoms with Crippen molar-refractivity contribution in [2.75, 3.05) is 6.61 Å². The van der Waals surface area contributed by atoms with Gasteiger partial charge in [-0.15, -0.1) is 0 Å². The third-order valence-electron chi connectivity index (χ3n) is 3.52. The molecule has 21 heavy (non-hydrogen) atoms. The lowest BCUT2D eigenvalue weighted by Gasteiger charge is -2.09. The largest absolute Gasteiger partial charge is 0.483 e. The lowest BCUT2D eigenvalue weighted by molar-refractivity contribution is 0.0817. The van der Waals surface area contributed by atoms with Gasteiger partial charge in [0.1, 0.15) is 5.75 Å². The van der Waals surface area contributed by atoms with E-state index < -0.39 is 0 Å². The van der Waals surface area contributed by atoms with Crippen LogP contribution in [0.1, 0.15) is 34.2 Å². The number of carbonyl (C=O) groups is 1. The van der Waals surface area contributed by atoms with Crippen LogP contribution in [0, 0.1) is 20.8 Å². The second kappa shape index (κ2) is 6.31. The average Bonchev–Trinajstić information content (AvgIpc) is 2.72. The number of aryl methyl sites for hydroxylation is 2. The smallest absolute Gasteiger partial charge is 0.284 e. The van der Waals surface area contributed by atoms with Gasteiger partial charge in [0.2, 0.25) is 0 Å². The third kappa shape index (κ3) is 3.27. The Morgan fingerprint density at radius 1 is 1.33 bits per heavy atom. The molecule has 0 unspecified atom stereocenters. The predicted molar refractivity (Wildman–Crippen MR) is 83.4 cm³/mol. The lowest BCUT2D eigenvalue weighted by atomic mass is 10.1. The van der Waals surface area contributed by atoms with Crippen molar-refractivity contribution in [3.8, 4) is 5.75 Å². The summed E-state index contributed by atoms with van der Waals surface area (Å²) in [5.41, 5.74) is 3.80. The molecule has 112 valence electrons. The number of carbonyl (C=O) groups excluding carboxylic acids is 1. The molecular formula is C16H19ClN2O2. The zero-order valence-corrected chi connectivity index (χ0v) is 13.5. The van der Waals surface area contributed by atoms with Gasteiger partial charge >= 0.3 is 0 Å². The van der Waals surface area contributed by atoms with Crippen LogP contribution in [-0.2, 0) is 6.42 Å². The van der Waals surface area contributed by atoms with Gasteiger partial charge in [-0.3, -0.25) is 4.79 Å². The second-order valence-corrected chi connectivity index (χ2v) is 5.44. The first kappa shape index (κ1) is 15.6. The van der Waals surface area contributed by atoms with Crippen LogP contribution in [0.2, 0.25) is 5.02 Å². The molecule has 1 aromatic carbocycles. The van der Waals surface area contributed by atoms with E-state index in [2.05, 4.69) is 12.0 Å². The Morgan fingerprint density at radius 3 is 2.62 bits per heavy atom. The molecule has 0 N–H and O–H groups in total. The van der Waals surface area contributed by atoms with Crippen molar-refractivity contribution in [3.05, 3.63) is 45.7 Å². The first-order valence-electron chi connectivity index (χ1n) is 6.91. The number of hydrogen-bond acceptors (Lipinski definition) is 3. The van der Waals surface area contributed by atoms with Crippen LogP contribution in [0.4, 0.5) is 0 Å². The summed E-state index contributed by atoms with van der Waals surface area (Å²) >= 11 is 5.90. The van der Waals surface area contributed by atoms with Gasteiger partial charge in [-0.25, -0.2) is 4.68 Å². The molecule has 1 aromatic heterocycles. The van der Waals surface area contributed by atoms with E-state index in [9.17, 15) is 4.79 Å². The number of nitrogens with zero attached hydrogens (tertiary/aromatic N) is 2. The first-order chi connectivity index (χ1) is 9.93. The van der Waals surface area contributed by atoms with Crippen molar-refractivity contribution in [1.29, 1.82) is 0 Å². The Bertz CT molecular complexity index is 677. The molecular weight excluding hydrogens is 288 g/mol. The Balaban J connectivity index is 2.12. The number of hydrogen-bond donors (Lipinski definition) is 0. The maximum atomic E-state index is 12.2. The van der Waals surface area contributed by atoms with Gasteiger partial charge in [0.25, 0.3) is 5.91 Å². The van der Waals surface area contributed by atoms with Crippen LogP contribution in [0.3, 0.4) is 0 Å². The highest BCUT2D eigenvalue weighted by atomic mass is 35.5. The molecule has 0 amide bonds. The molecule has 1 heterocycles. The summed E-state index contributed by atoms with van der Waals surface area (Å²) in [7, 11) is 0. The molecule has 5 heteroatoms. The van der Waals surface area contributed by atoms with Gasteiger partial charge in [0, 0.05) is 10.7 Å². The SMILES string of the molecule is CCc1c(C)nn(C(=O)COc2ccc(Cl)cc2C)c1C. The van der Waals surface area contributed by atoms with Crippen molar-refractivity contribution in [3.63, 3.8) is 0 Å². The minimum absolute atomic E-state index is 0.0480. The van der Waals surface area contributed by atoms with Crippen LogP contribution < -0.4 is 4.74 Å². The Kier molecular flexibility index (Phi) is 4.68. The zero-order chi connectivity index (χ0) is 15.6. The maximum Gasteiger partial charge on any atom is 0.284 e. The van der Waals surface area contributed by atoms with Crippen LogP contribution in [-0.4, -0.2) is 22.3 Å². The highest BCUT2D eigenvalue weighted by molar-refractivity contribution is 6.30. The Morgan fingerprint density at radius 2 is 2.05 bits per heavy atom. The van der Waals surface area contributed by atoms with Crippen LogP contribution in [0.15, 0.2) is 18.2 Å². The molecule has 0 saturated heterocycles. The van der Waals surface area contributed by atoms with Gasteiger partial charge in [-0.05, 0) is 56.5 Å². The standard InChI is InChI=1S/C16H19ClN2O2/c1-5-14-11(3)18-19(12(14)4)16(20)9-21-15-7-6-13(17)8-10(15)2/h6-8H,5,9H2,1-4H3. The van der Waals surface area contributed by atoms with Crippen LogP contribution >= 0.6 is 11.6 Å². The molecule has 4 nitrogen and oxygen atoms in total. The number of aromatic nitrogens is 2. The van der Waals surface area contributed by atoms with E-state index in [0.29, 0.717) is 10.8 Å². The van der Waals surface area contributed by atoms with Crippen molar-refractivity contribution in [2.45, 2.75) is 34.1 Å². The molecule has 0 aliphatic carbocycles. The topological polar surface area (TPSA) is 44.1 Å². The number of benzene rings is 1. The van der Waals surface area contributed by atoms with Crippen molar-refractivity contribution >= 4 is 17.5 Å². The maximum absolute atomic E-state index is 12.2. The van der Waals surface area contributed by atoms with Crippen LogP contribution in [0.25, 0.3) is 0 Å². The van der Waals surface area contributed by atoms with Crippen molar-refractivity contribution < 1.29 is 9.53 Å². The molecule has 2 aromatic rings. The summed E-state index contributed by atoms with van der Waals surface area (Å²) in [4.78, 5) is 12.2. The highest BCUT2D eigenvalue weighted by Crippen LogP contribution is 2.22. The summed E-state index contributed by atoms with van der Waals surface area (Å²) in [6.45, 7) is 7.72. The Hall–Kier alpha value is -1.81. The normalized spacial score (nSPS) is 10.7. The molecule has 0 spiro atoms. The van der Waals surface area contributed by atoms with Crippen LogP contribution in [0.5, 0.6) is 5.75 Å². The van der Waals surface area contributed by atoms with Gasteiger partial charge < -0.3 is 4.74 Å². The Labute approximate surface area is 129 Å². The molecule has 0 fully saturated rings. The van der Waals surface area contributed by atoms with E-state index in [4.69, 9.17) is 16.3 Å². The van der Waals surface area contributed by atoms with E-state index in [-0.39, 0.29) is 12.5 Å². The van der Waals surface area contributed by atoms with Gasteiger partial charge in [0.15, 0.2) is 6.61 Å². The summed E-state index contributed by atoms with van der Waals surface area (Å²) in [6, 6.07) is 5.32. The highest BCUT2D eigenvalue weighted by Gasteiger charge is 2.16. The fourth-order valence-electron chi connectivity index (χ4n) is 2.40. The molecule has 0 aliphatic rings. The second-order valence-electron chi connectivity index (χ2n) is 5.01. The van der Waals surface area contributed by atoms with Gasteiger partial charge in [-0.1, -0.05) is 18.5 Å². The number of halogens is 1. The van der Waals surface area contributed by atoms with E-state index in [1.54, 1.807) is 18.2 Å². The minimum Gasteiger partial charge on any atom is -0.483 e. The molecule has 0 aliphatic heterocycles. The summed E-state index contributed by atoms with van der Waals surface area (Å²) in [6.07, 6.45) is 0.863. The predicted octanol–water partition coefficient (Wildman–Crippen LogP) is 3.74. The van der Waals surface area contributed by atoms with E-state index in [1.165, 1.54) is 4.68 Å². The van der Waals surface area contributed by atoms with E-state index in [1.807, 2.05) is 20.8 Å². The molecule has 0 atom stereocenters. The quantitative estimate of drug-likeness (QED) is 0.864.